The standard InChI is InChI=1S/C16H18N2OS/c1-16(2,3)11-5-4-6-12(9-11)19-13-7-8-14(15(17)20)18-10-13/h4-10H,1-3H3,(H2,17,20). The second kappa shape index (κ2) is 5.59. The Labute approximate surface area is 124 Å². The maximum atomic E-state index is 5.80. The van der Waals surface area contributed by atoms with Crippen LogP contribution in [0.25, 0.3) is 0 Å². The van der Waals surface area contributed by atoms with Gasteiger partial charge in [-0.1, -0.05) is 45.1 Å². The molecule has 0 atom stereocenters. The molecule has 1 aromatic carbocycles. The van der Waals surface area contributed by atoms with Gasteiger partial charge in [-0.25, -0.2) is 4.98 Å². The number of hydrogen-bond donors (Lipinski definition) is 1. The highest BCUT2D eigenvalue weighted by atomic mass is 32.1. The minimum atomic E-state index is 0.0905. The minimum Gasteiger partial charge on any atom is -0.456 e. The van der Waals surface area contributed by atoms with Crippen LogP contribution in [0.2, 0.25) is 0 Å². The Kier molecular flexibility index (Phi) is 4.04. The molecule has 0 unspecified atom stereocenters. The number of aromatic nitrogens is 1. The SMILES string of the molecule is CC(C)(C)c1cccc(Oc2ccc(C(N)=S)nc2)c1. The Hall–Kier alpha value is -1.94. The molecule has 2 N–H and O–H groups in total. The number of hydrogen-bond acceptors (Lipinski definition) is 3. The number of pyridine rings is 1. The molecule has 20 heavy (non-hydrogen) atoms. The van der Waals surface area contributed by atoms with Gasteiger partial charge < -0.3 is 10.5 Å². The van der Waals surface area contributed by atoms with Gasteiger partial charge in [-0.2, -0.15) is 0 Å². The smallest absolute Gasteiger partial charge is 0.145 e. The van der Waals surface area contributed by atoms with E-state index in [9.17, 15) is 0 Å². The molecule has 0 aliphatic heterocycles. The average Bonchev–Trinajstić information content (AvgIpc) is 2.38. The molecule has 4 heteroatoms. The Bertz CT molecular complexity index is 615. The Morgan fingerprint density at radius 1 is 1.15 bits per heavy atom. The molecular formula is C16H18N2OS. The third kappa shape index (κ3) is 3.54. The van der Waals surface area contributed by atoms with E-state index >= 15 is 0 Å². The minimum absolute atomic E-state index is 0.0905. The van der Waals surface area contributed by atoms with Gasteiger partial charge in [0.1, 0.15) is 16.5 Å². The van der Waals surface area contributed by atoms with Crippen LogP contribution in [-0.4, -0.2) is 9.97 Å². The van der Waals surface area contributed by atoms with E-state index < -0.39 is 0 Å². The number of rotatable bonds is 3. The highest BCUT2D eigenvalue weighted by Gasteiger charge is 2.14. The van der Waals surface area contributed by atoms with Crippen LogP contribution in [0.5, 0.6) is 11.5 Å². The molecule has 2 rings (SSSR count). The lowest BCUT2D eigenvalue weighted by Crippen LogP contribution is -2.11. The Morgan fingerprint density at radius 3 is 2.45 bits per heavy atom. The van der Waals surface area contributed by atoms with Crippen LogP contribution in [0.15, 0.2) is 42.6 Å². The summed E-state index contributed by atoms with van der Waals surface area (Å²) >= 11 is 4.87. The zero-order valence-corrected chi connectivity index (χ0v) is 12.7. The van der Waals surface area contributed by atoms with Crippen LogP contribution < -0.4 is 10.5 Å². The van der Waals surface area contributed by atoms with Crippen LogP contribution in [0.3, 0.4) is 0 Å². The molecule has 0 fully saturated rings. The molecule has 104 valence electrons. The first-order chi connectivity index (χ1) is 9.36. The number of benzene rings is 1. The van der Waals surface area contributed by atoms with Crippen molar-refractivity contribution in [1.82, 2.24) is 4.98 Å². The van der Waals surface area contributed by atoms with Crippen LogP contribution in [0.1, 0.15) is 32.0 Å². The van der Waals surface area contributed by atoms with E-state index in [1.165, 1.54) is 5.56 Å². The predicted molar refractivity (Wildman–Crippen MR) is 85.3 cm³/mol. The molecule has 0 saturated heterocycles. The molecule has 0 saturated carbocycles. The van der Waals surface area contributed by atoms with Crippen molar-refractivity contribution in [2.45, 2.75) is 26.2 Å². The highest BCUT2D eigenvalue weighted by molar-refractivity contribution is 7.80. The molecule has 0 bridgehead atoms. The van der Waals surface area contributed by atoms with Crippen LogP contribution in [-0.2, 0) is 5.41 Å². The number of ether oxygens (including phenoxy) is 1. The quantitative estimate of drug-likeness (QED) is 0.872. The second-order valence-corrected chi connectivity index (χ2v) is 6.06. The lowest BCUT2D eigenvalue weighted by molar-refractivity contribution is 0.476. The lowest BCUT2D eigenvalue weighted by Gasteiger charge is -2.19. The van der Waals surface area contributed by atoms with E-state index in [-0.39, 0.29) is 10.4 Å². The number of thiocarbonyl (C=S) groups is 1. The zero-order chi connectivity index (χ0) is 14.8. The third-order valence-electron chi connectivity index (χ3n) is 2.92. The van der Waals surface area contributed by atoms with Gasteiger partial charge in [-0.15, -0.1) is 0 Å². The Morgan fingerprint density at radius 2 is 1.90 bits per heavy atom. The third-order valence-corrected chi connectivity index (χ3v) is 3.13. The van der Waals surface area contributed by atoms with Gasteiger partial charge in [-0.05, 0) is 35.2 Å². The van der Waals surface area contributed by atoms with Gasteiger partial charge in [0.2, 0.25) is 0 Å². The van der Waals surface area contributed by atoms with Crippen molar-refractivity contribution in [3.8, 4) is 11.5 Å². The summed E-state index contributed by atoms with van der Waals surface area (Å²) < 4.78 is 5.80. The van der Waals surface area contributed by atoms with E-state index in [1.54, 1.807) is 12.3 Å². The molecule has 1 heterocycles. The summed E-state index contributed by atoms with van der Waals surface area (Å²) in [6, 6.07) is 11.6. The molecule has 0 amide bonds. The maximum Gasteiger partial charge on any atom is 0.145 e. The first kappa shape index (κ1) is 14.5. The number of nitrogens with zero attached hydrogens (tertiary/aromatic N) is 1. The average molecular weight is 286 g/mol. The zero-order valence-electron chi connectivity index (χ0n) is 11.9. The highest BCUT2D eigenvalue weighted by Crippen LogP contribution is 2.28. The predicted octanol–water partition coefficient (Wildman–Crippen LogP) is 3.81. The fraction of sp³-hybridized carbons (Fsp3) is 0.250. The van der Waals surface area contributed by atoms with Crippen LogP contribution >= 0.6 is 12.2 Å². The summed E-state index contributed by atoms with van der Waals surface area (Å²) in [6.07, 6.45) is 1.62. The van der Waals surface area contributed by atoms with Crippen molar-refractivity contribution in [3.05, 3.63) is 53.9 Å². The van der Waals surface area contributed by atoms with Gasteiger partial charge in [0.25, 0.3) is 0 Å². The van der Waals surface area contributed by atoms with Gasteiger partial charge >= 0.3 is 0 Å². The molecule has 0 aliphatic carbocycles. The monoisotopic (exact) mass is 286 g/mol. The second-order valence-electron chi connectivity index (χ2n) is 5.62. The molecule has 2 aromatic rings. The summed E-state index contributed by atoms with van der Waals surface area (Å²) in [6.45, 7) is 6.51. The largest absolute Gasteiger partial charge is 0.456 e. The molecule has 3 nitrogen and oxygen atoms in total. The summed E-state index contributed by atoms with van der Waals surface area (Å²) in [5.74, 6) is 1.46. The van der Waals surface area contributed by atoms with Gasteiger partial charge in [0, 0.05) is 0 Å². The fourth-order valence-corrected chi connectivity index (χ4v) is 1.87. The van der Waals surface area contributed by atoms with Gasteiger partial charge in [0.05, 0.1) is 11.9 Å². The van der Waals surface area contributed by atoms with E-state index in [0.29, 0.717) is 11.4 Å². The number of nitrogens with two attached hydrogens (primary N) is 1. The van der Waals surface area contributed by atoms with E-state index in [2.05, 4.69) is 31.8 Å². The molecular weight excluding hydrogens is 268 g/mol. The fourth-order valence-electron chi connectivity index (χ4n) is 1.75. The Balaban J connectivity index is 2.20. The topological polar surface area (TPSA) is 48.1 Å². The maximum absolute atomic E-state index is 5.80. The molecule has 0 aliphatic rings. The first-order valence-electron chi connectivity index (χ1n) is 6.40. The van der Waals surface area contributed by atoms with Crippen molar-refractivity contribution >= 4 is 17.2 Å². The van der Waals surface area contributed by atoms with Gasteiger partial charge in [0.15, 0.2) is 0 Å². The summed E-state index contributed by atoms with van der Waals surface area (Å²) in [7, 11) is 0. The lowest BCUT2D eigenvalue weighted by atomic mass is 9.87. The first-order valence-corrected chi connectivity index (χ1v) is 6.81. The van der Waals surface area contributed by atoms with Crippen molar-refractivity contribution in [2.24, 2.45) is 5.73 Å². The summed E-state index contributed by atoms with van der Waals surface area (Å²) in [5.41, 5.74) is 7.42. The van der Waals surface area contributed by atoms with E-state index in [0.717, 1.165) is 5.75 Å². The molecule has 1 aromatic heterocycles. The normalized spacial score (nSPS) is 11.2. The van der Waals surface area contributed by atoms with E-state index in [4.69, 9.17) is 22.7 Å². The summed E-state index contributed by atoms with van der Waals surface area (Å²) in [5, 5.41) is 0. The molecule has 0 radical (unpaired) electrons. The van der Waals surface area contributed by atoms with Crippen molar-refractivity contribution in [1.29, 1.82) is 0 Å². The van der Waals surface area contributed by atoms with Crippen molar-refractivity contribution < 1.29 is 4.74 Å². The van der Waals surface area contributed by atoms with E-state index in [1.807, 2.05) is 24.3 Å². The van der Waals surface area contributed by atoms with Crippen LogP contribution in [0, 0.1) is 0 Å². The van der Waals surface area contributed by atoms with Gasteiger partial charge in [-0.3, -0.25) is 0 Å². The van der Waals surface area contributed by atoms with Crippen molar-refractivity contribution in [2.75, 3.05) is 0 Å². The molecule has 0 spiro atoms. The van der Waals surface area contributed by atoms with Crippen molar-refractivity contribution in [3.63, 3.8) is 0 Å². The van der Waals surface area contributed by atoms with Crippen LogP contribution in [0.4, 0.5) is 0 Å². The summed E-state index contributed by atoms with van der Waals surface area (Å²) in [4.78, 5) is 4.44.